The topological polar surface area (TPSA) is 97.0 Å². The molecule has 0 spiro atoms. The fourth-order valence-corrected chi connectivity index (χ4v) is 3.93. The van der Waals surface area contributed by atoms with Crippen molar-refractivity contribution in [1.29, 1.82) is 0 Å². The van der Waals surface area contributed by atoms with E-state index in [9.17, 15) is 4.79 Å². The maximum Gasteiger partial charge on any atom is 0.240 e. The van der Waals surface area contributed by atoms with Gasteiger partial charge in [0.25, 0.3) is 0 Å². The average Bonchev–Trinajstić information content (AvgIpc) is 3.50. The molecule has 166 valence electrons. The van der Waals surface area contributed by atoms with Crippen LogP contribution in [0.5, 0.6) is 0 Å². The van der Waals surface area contributed by atoms with Crippen LogP contribution < -0.4 is 10.2 Å². The van der Waals surface area contributed by atoms with Gasteiger partial charge < -0.3 is 14.7 Å². The Morgan fingerprint density at radius 1 is 0.970 bits per heavy atom. The van der Waals surface area contributed by atoms with Crippen molar-refractivity contribution in [1.82, 2.24) is 25.4 Å². The van der Waals surface area contributed by atoms with E-state index in [-0.39, 0.29) is 12.3 Å². The van der Waals surface area contributed by atoms with Gasteiger partial charge in [0.15, 0.2) is 0 Å². The first-order valence-corrected chi connectivity index (χ1v) is 11.0. The summed E-state index contributed by atoms with van der Waals surface area (Å²) in [6, 6.07) is 18.7. The number of fused-ring (bicyclic) bond motifs is 1. The molecule has 0 fully saturated rings. The normalized spacial score (nSPS) is 12.5. The maximum absolute atomic E-state index is 12.2. The first kappa shape index (κ1) is 20.8. The number of para-hydroxylation sites is 1. The number of aryl methyl sites for hydroxylation is 1. The molecule has 1 N–H and O–H groups in total. The van der Waals surface area contributed by atoms with Crippen molar-refractivity contribution in [2.45, 2.75) is 32.4 Å². The maximum atomic E-state index is 12.2. The second-order valence-electron chi connectivity index (χ2n) is 7.98. The van der Waals surface area contributed by atoms with E-state index in [0.717, 1.165) is 25.1 Å². The monoisotopic (exact) mass is 440 g/mol. The van der Waals surface area contributed by atoms with Crippen LogP contribution in [0.1, 0.15) is 29.0 Å². The number of hydrogen-bond acceptors (Lipinski definition) is 7. The van der Waals surface area contributed by atoms with Crippen LogP contribution in [0.2, 0.25) is 0 Å². The summed E-state index contributed by atoms with van der Waals surface area (Å²) < 4.78 is 5.20. The summed E-state index contributed by atoms with van der Waals surface area (Å²) in [4.78, 5) is 27.1. The molecule has 4 aromatic rings. The van der Waals surface area contributed by atoms with Gasteiger partial charge in [-0.05, 0) is 35.2 Å². The van der Waals surface area contributed by atoms with Gasteiger partial charge in [0.1, 0.15) is 0 Å². The van der Waals surface area contributed by atoms with Crippen molar-refractivity contribution < 1.29 is 9.32 Å². The molecule has 8 nitrogen and oxygen atoms in total. The van der Waals surface area contributed by atoms with E-state index < -0.39 is 0 Å². The molecule has 8 heteroatoms. The van der Waals surface area contributed by atoms with E-state index in [1.807, 2.05) is 0 Å². The van der Waals surface area contributed by atoms with Crippen molar-refractivity contribution in [3.63, 3.8) is 0 Å². The molecular weight excluding hydrogens is 416 g/mol. The Kier molecular flexibility index (Phi) is 6.06. The third kappa shape index (κ3) is 5.06. The van der Waals surface area contributed by atoms with Gasteiger partial charge in [-0.2, -0.15) is 4.98 Å². The lowest BCUT2D eigenvalue weighted by atomic mass is 10.1. The van der Waals surface area contributed by atoms with Gasteiger partial charge in [0.05, 0.1) is 0 Å². The van der Waals surface area contributed by atoms with Gasteiger partial charge >= 0.3 is 0 Å². The van der Waals surface area contributed by atoms with Gasteiger partial charge in [0, 0.05) is 50.6 Å². The molecule has 33 heavy (non-hydrogen) atoms. The molecule has 0 saturated carbocycles. The van der Waals surface area contributed by atoms with Crippen molar-refractivity contribution in [3.05, 3.63) is 89.6 Å². The molecule has 2 aromatic carbocycles. The Bertz CT molecular complexity index is 1220. The van der Waals surface area contributed by atoms with Crippen LogP contribution in [0.4, 0.5) is 5.69 Å². The van der Waals surface area contributed by atoms with Crippen LogP contribution in [0.25, 0.3) is 11.6 Å². The molecule has 0 aliphatic carbocycles. The van der Waals surface area contributed by atoms with Crippen LogP contribution in [-0.4, -0.2) is 32.6 Å². The highest BCUT2D eigenvalue weighted by molar-refractivity contribution is 5.76. The predicted octanol–water partition coefficient (Wildman–Crippen LogP) is 3.34. The molecule has 1 amide bonds. The number of nitrogens with one attached hydrogen (secondary N) is 1. The number of aromatic nitrogens is 4. The van der Waals surface area contributed by atoms with Crippen molar-refractivity contribution in [2.24, 2.45) is 0 Å². The molecule has 1 aliphatic rings. The number of carbonyl (C=O) groups excluding carboxylic acids is 1. The van der Waals surface area contributed by atoms with Crippen LogP contribution >= 0.6 is 0 Å². The molecule has 0 bridgehead atoms. The second-order valence-corrected chi connectivity index (χ2v) is 7.98. The van der Waals surface area contributed by atoms with E-state index in [4.69, 9.17) is 4.52 Å². The van der Waals surface area contributed by atoms with E-state index >= 15 is 0 Å². The highest BCUT2D eigenvalue weighted by Gasteiger charge is 2.18. The van der Waals surface area contributed by atoms with Crippen LogP contribution in [0, 0.1) is 0 Å². The lowest BCUT2D eigenvalue weighted by Crippen LogP contribution is -2.23. The highest BCUT2D eigenvalue weighted by Crippen LogP contribution is 2.28. The molecule has 3 heterocycles. The van der Waals surface area contributed by atoms with Crippen molar-refractivity contribution >= 4 is 11.6 Å². The van der Waals surface area contributed by atoms with E-state index in [1.54, 1.807) is 18.5 Å². The van der Waals surface area contributed by atoms with E-state index in [2.05, 4.69) is 78.9 Å². The Hall–Kier alpha value is -4.07. The number of anilines is 1. The minimum absolute atomic E-state index is 0.0662. The quantitative estimate of drug-likeness (QED) is 0.449. The molecule has 0 unspecified atom stereocenters. The number of carbonyl (C=O) groups is 1. The summed E-state index contributed by atoms with van der Waals surface area (Å²) in [5.41, 5.74) is 5.08. The average molecular weight is 441 g/mol. The van der Waals surface area contributed by atoms with Gasteiger partial charge in [-0.15, -0.1) is 0 Å². The smallest absolute Gasteiger partial charge is 0.240 e. The Labute approximate surface area is 191 Å². The lowest BCUT2D eigenvalue weighted by Gasteiger charge is -2.19. The van der Waals surface area contributed by atoms with Gasteiger partial charge in [0.2, 0.25) is 23.4 Å². The third-order valence-electron chi connectivity index (χ3n) is 5.67. The third-order valence-corrected chi connectivity index (χ3v) is 5.67. The molecular formula is C25H24N6O2. The minimum atomic E-state index is -0.0662. The summed E-state index contributed by atoms with van der Waals surface area (Å²) in [5.74, 6) is 1.04. The highest BCUT2D eigenvalue weighted by atomic mass is 16.5. The first-order valence-electron chi connectivity index (χ1n) is 11.0. The zero-order chi connectivity index (χ0) is 22.5. The van der Waals surface area contributed by atoms with Gasteiger partial charge in [-0.3, -0.25) is 4.79 Å². The molecule has 5 rings (SSSR count). The van der Waals surface area contributed by atoms with Crippen LogP contribution in [-0.2, 0) is 30.7 Å². The first-order chi connectivity index (χ1) is 16.2. The number of hydrogen-bond donors (Lipinski definition) is 1. The summed E-state index contributed by atoms with van der Waals surface area (Å²) in [5, 5.41) is 6.82. The Morgan fingerprint density at radius 3 is 2.61 bits per heavy atom. The SMILES string of the molecule is O=C(CCc1nc(-c2ncccn2)no1)NCc1ccc(CN2CCc3ccccc32)cc1. The van der Waals surface area contributed by atoms with Gasteiger partial charge in [-0.25, -0.2) is 9.97 Å². The summed E-state index contributed by atoms with van der Waals surface area (Å²) >= 11 is 0. The summed E-state index contributed by atoms with van der Waals surface area (Å²) in [6.07, 6.45) is 4.96. The van der Waals surface area contributed by atoms with Crippen LogP contribution in [0.15, 0.2) is 71.5 Å². The van der Waals surface area contributed by atoms with E-state index in [1.165, 1.54) is 16.8 Å². The standard InChI is InChI=1S/C25H24N6O2/c32-22(10-11-23-29-25(30-33-23)24-26-13-3-14-27-24)28-16-18-6-8-19(9-7-18)17-31-15-12-20-4-1-2-5-21(20)31/h1-9,13-14H,10-12,15-17H2,(H,28,32). The minimum Gasteiger partial charge on any atom is -0.367 e. The molecule has 2 aromatic heterocycles. The predicted molar refractivity (Wildman–Crippen MR) is 123 cm³/mol. The van der Waals surface area contributed by atoms with E-state index in [0.29, 0.717) is 30.5 Å². The number of amides is 1. The van der Waals surface area contributed by atoms with Crippen LogP contribution in [0.3, 0.4) is 0 Å². The number of benzene rings is 2. The largest absolute Gasteiger partial charge is 0.367 e. The Morgan fingerprint density at radius 2 is 1.76 bits per heavy atom. The molecule has 0 saturated heterocycles. The molecule has 0 atom stereocenters. The molecule has 0 radical (unpaired) electrons. The summed E-state index contributed by atoms with van der Waals surface area (Å²) in [6.45, 7) is 2.43. The summed E-state index contributed by atoms with van der Waals surface area (Å²) in [7, 11) is 0. The zero-order valence-electron chi connectivity index (χ0n) is 18.1. The number of rotatable bonds is 8. The fourth-order valence-electron chi connectivity index (χ4n) is 3.93. The second kappa shape index (κ2) is 9.60. The zero-order valence-corrected chi connectivity index (χ0v) is 18.1. The van der Waals surface area contributed by atoms with Gasteiger partial charge in [-0.1, -0.05) is 47.6 Å². The fraction of sp³-hybridized carbons (Fsp3) is 0.240. The Balaban J connectivity index is 1.08. The molecule has 1 aliphatic heterocycles. The van der Waals surface area contributed by atoms with Crippen molar-refractivity contribution in [2.75, 3.05) is 11.4 Å². The van der Waals surface area contributed by atoms with Crippen molar-refractivity contribution in [3.8, 4) is 11.6 Å². The number of nitrogens with zero attached hydrogens (tertiary/aromatic N) is 5. The lowest BCUT2D eigenvalue weighted by molar-refractivity contribution is -0.121.